The second-order valence-corrected chi connectivity index (χ2v) is 6.51. The van der Waals surface area contributed by atoms with Crippen molar-refractivity contribution >= 4 is 22.4 Å². The summed E-state index contributed by atoms with van der Waals surface area (Å²) in [6.07, 6.45) is -3.25. The Kier molecular flexibility index (Phi) is 5.27. The maximum absolute atomic E-state index is 12.8. The van der Waals surface area contributed by atoms with Gasteiger partial charge in [0.15, 0.2) is 0 Å². The monoisotopic (exact) mass is 350 g/mol. The number of hydrogen-bond donors (Lipinski definition) is 1. The Hall–Kier alpha value is -2.08. The fourth-order valence-electron chi connectivity index (χ4n) is 3.33. The lowest BCUT2D eigenvalue weighted by Crippen LogP contribution is -2.42. The van der Waals surface area contributed by atoms with Gasteiger partial charge in [-0.3, -0.25) is 4.79 Å². The minimum absolute atomic E-state index is 0.00888. The number of fused-ring (bicyclic) bond motifs is 1. The number of carbonyl (C=O) groups is 1. The molecule has 2 aromatic carbocycles. The van der Waals surface area contributed by atoms with Gasteiger partial charge in [0, 0.05) is 30.6 Å². The van der Waals surface area contributed by atoms with Crippen molar-refractivity contribution in [1.29, 1.82) is 0 Å². The number of amides is 1. The number of anilines is 1. The molecule has 1 amide bonds. The zero-order chi connectivity index (χ0) is 17.9. The molecule has 1 unspecified atom stereocenters. The minimum atomic E-state index is -4.15. The van der Waals surface area contributed by atoms with Gasteiger partial charge in [-0.1, -0.05) is 36.4 Å². The van der Waals surface area contributed by atoms with Crippen LogP contribution in [0.2, 0.25) is 0 Å². The third-order valence-electron chi connectivity index (χ3n) is 4.69. The predicted octanol–water partition coefficient (Wildman–Crippen LogP) is 4.44. The van der Waals surface area contributed by atoms with Crippen LogP contribution >= 0.6 is 0 Å². The first-order valence-corrected chi connectivity index (χ1v) is 8.50. The highest BCUT2D eigenvalue weighted by atomic mass is 19.4. The molecule has 1 aliphatic rings. The second-order valence-electron chi connectivity index (χ2n) is 6.51. The van der Waals surface area contributed by atoms with Crippen LogP contribution in [0.5, 0.6) is 0 Å². The number of carbonyl (C=O) groups excluding carboxylic acids is 1. The quantitative estimate of drug-likeness (QED) is 0.884. The van der Waals surface area contributed by atoms with Gasteiger partial charge in [-0.15, -0.1) is 0 Å². The summed E-state index contributed by atoms with van der Waals surface area (Å²) in [5.74, 6) is -1.45. The van der Waals surface area contributed by atoms with E-state index in [-0.39, 0.29) is 25.3 Å². The van der Waals surface area contributed by atoms with Crippen molar-refractivity contribution in [2.75, 3.05) is 25.0 Å². The lowest BCUT2D eigenvalue weighted by Gasteiger charge is -2.33. The number of rotatable bonds is 4. The number of hydrogen-bond acceptors (Lipinski definition) is 2. The summed E-state index contributed by atoms with van der Waals surface area (Å²) >= 11 is 0. The molecule has 1 fully saturated rings. The van der Waals surface area contributed by atoms with Gasteiger partial charge in [0.2, 0.25) is 5.91 Å². The molecule has 1 atom stereocenters. The van der Waals surface area contributed by atoms with Crippen LogP contribution in [-0.2, 0) is 4.79 Å². The number of benzene rings is 2. The Balaban J connectivity index is 1.56. The lowest BCUT2D eigenvalue weighted by atomic mass is 9.97. The maximum atomic E-state index is 12.8. The highest BCUT2D eigenvalue weighted by Gasteiger charge is 2.41. The summed E-state index contributed by atoms with van der Waals surface area (Å²) in [5.41, 5.74) is 0.731. The molecule has 0 radical (unpaired) electrons. The van der Waals surface area contributed by atoms with Crippen molar-refractivity contribution < 1.29 is 18.0 Å². The molecule has 3 nitrogen and oxygen atoms in total. The molecule has 6 heteroatoms. The van der Waals surface area contributed by atoms with Crippen LogP contribution in [0.1, 0.15) is 19.3 Å². The number of nitrogens with zero attached hydrogens (tertiary/aromatic N) is 1. The van der Waals surface area contributed by atoms with E-state index in [1.54, 1.807) is 4.90 Å². The van der Waals surface area contributed by atoms with E-state index in [4.69, 9.17) is 0 Å². The van der Waals surface area contributed by atoms with E-state index < -0.39 is 12.1 Å². The molecule has 2 aromatic rings. The van der Waals surface area contributed by atoms with Crippen molar-refractivity contribution in [3.63, 3.8) is 0 Å². The van der Waals surface area contributed by atoms with Crippen LogP contribution < -0.4 is 5.32 Å². The second kappa shape index (κ2) is 7.44. The average Bonchev–Trinajstić information content (AvgIpc) is 2.60. The van der Waals surface area contributed by atoms with Crippen LogP contribution in [0.3, 0.4) is 0 Å². The van der Waals surface area contributed by atoms with Crippen molar-refractivity contribution in [3.05, 3.63) is 42.5 Å². The Morgan fingerprint density at radius 1 is 1.16 bits per heavy atom. The molecule has 1 aliphatic heterocycles. The standard InChI is InChI=1S/C19H21F3N2O/c20-19(21,22)15-7-4-11-24(13-15)12-10-18(25)23-17-9-3-6-14-5-1-2-8-16(14)17/h1-3,5-6,8-9,15H,4,7,10-13H2,(H,23,25). The molecule has 0 spiro atoms. The number of likely N-dealkylation sites (tertiary alicyclic amines) is 1. The molecule has 0 aliphatic carbocycles. The van der Waals surface area contributed by atoms with Gasteiger partial charge >= 0.3 is 6.18 Å². The van der Waals surface area contributed by atoms with Crippen LogP contribution in [0.25, 0.3) is 10.8 Å². The molecule has 1 saturated heterocycles. The molecule has 3 rings (SSSR count). The number of nitrogens with one attached hydrogen (secondary N) is 1. The third-order valence-corrected chi connectivity index (χ3v) is 4.69. The van der Waals surface area contributed by atoms with Gasteiger partial charge in [0.1, 0.15) is 0 Å². The highest BCUT2D eigenvalue weighted by molar-refractivity contribution is 6.02. The number of alkyl halides is 3. The van der Waals surface area contributed by atoms with Crippen molar-refractivity contribution in [3.8, 4) is 0 Å². The van der Waals surface area contributed by atoms with Gasteiger partial charge in [-0.05, 0) is 30.8 Å². The summed E-state index contributed by atoms with van der Waals surface area (Å²) in [6, 6.07) is 13.4. The molecule has 25 heavy (non-hydrogen) atoms. The summed E-state index contributed by atoms with van der Waals surface area (Å²) in [4.78, 5) is 14.0. The largest absolute Gasteiger partial charge is 0.393 e. The summed E-state index contributed by atoms with van der Waals surface area (Å²) in [7, 11) is 0. The fraction of sp³-hybridized carbons (Fsp3) is 0.421. The van der Waals surface area contributed by atoms with Gasteiger partial charge < -0.3 is 10.2 Å². The van der Waals surface area contributed by atoms with E-state index in [0.717, 1.165) is 16.5 Å². The first-order valence-electron chi connectivity index (χ1n) is 8.50. The van der Waals surface area contributed by atoms with E-state index in [1.165, 1.54) is 0 Å². The van der Waals surface area contributed by atoms with E-state index in [2.05, 4.69) is 5.32 Å². The Morgan fingerprint density at radius 2 is 1.92 bits per heavy atom. The topological polar surface area (TPSA) is 32.3 Å². The summed E-state index contributed by atoms with van der Waals surface area (Å²) < 4.78 is 38.5. The first-order chi connectivity index (χ1) is 11.9. The Morgan fingerprint density at radius 3 is 2.72 bits per heavy atom. The van der Waals surface area contributed by atoms with Crippen LogP contribution in [0.4, 0.5) is 18.9 Å². The molecule has 1 N–H and O–H groups in total. The van der Waals surface area contributed by atoms with E-state index in [1.807, 2.05) is 42.5 Å². The minimum Gasteiger partial charge on any atom is -0.325 e. The molecular weight excluding hydrogens is 329 g/mol. The average molecular weight is 350 g/mol. The van der Waals surface area contributed by atoms with Gasteiger partial charge in [0.05, 0.1) is 5.92 Å². The molecule has 134 valence electrons. The summed E-state index contributed by atoms with van der Waals surface area (Å²) in [6.45, 7) is 0.961. The summed E-state index contributed by atoms with van der Waals surface area (Å²) in [5, 5.41) is 4.86. The first kappa shape index (κ1) is 17.7. The van der Waals surface area contributed by atoms with E-state index in [9.17, 15) is 18.0 Å². The van der Waals surface area contributed by atoms with Gasteiger partial charge in [0.25, 0.3) is 0 Å². The van der Waals surface area contributed by atoms with Gasteiger partial charge in [-0.25, -0.2) is 0 Å². The Bertz CT molecular complexity index is 740. The van der Waals surface area contributed by atoms with Gasteiger partial charge in [-0.2, -0.15) is 13.2 Å². The smallest absolute Gasteiger partial charge is 0.325 e. The molecule has 0 saturated carbocycles. The molecular formula is C19H21F3N2O. The molecule has 0 bridgehead atoms. The maximum Gasteiger partial charge on any atom is 0.393 e. The Labute approximate surface area is 144 Å². The third kappa shape index (κ3) is 4.51. The van der Waals surface area contributed by atoms with Crippen molar-refractivity contribution in [1.82, 2.24) is 4.90 Å². The van der Waals surface area contributed by atoms with Crippen LogP contribution in [0.15, 0.2) is 42.5 Å². The van der Waals surface area contributed by atoms with E-state index in [0.29, 0.717) is 19.5 Å². The fourth-order valence-corrected chi connectivity index (χ4v) is 3.33. The number of halogens is 3. The zero-order valence-corrected chi connectivity index (χ0v) is 13.9. The predicted molar refractivity (Wildman–Crippen MR) is 92.4 cm³/mol. The zero-order valence-electron chi connectivity index (χ0n) is 13.9. The lowest BCUT2D eigenvalue weighted by molar-refractivity contribution is -0.186. The molecule has 1 heterocycles. The van der Waals surface area contributed by atoms with Crippen LogP contribution in [0, 0.1) is 5.92 Å². The normalized spacial score (nSPS) is 19.1. The van der Waals surface area contributed by atoms with Crippen LogP contribution in [-0.4, -0.2) is 36.6 Å². The molecule has 0 aromatic heterocycles. The van der Waals surface area contributed by atoms with E-state index >= 15 is 0 Å². The van der Waals surface area contributed by atoms with Crippen molar-refractivity contribution in [2.45, 2.75) is 25.4 Å². The highest BCUT2D eigenvalue weighted by Crippen LogP contribution is 2.33. The SMILES string of the molecule is O=C(CCN1CCCC(C(F)(F)F)C1)Nc1cccc2ccccc12. The number of piperidine rings is 1. The van der Waals surface area contributed by atoms with Crippen molar-refractivity contribution in [2.24, 2.45) is 5.92 Å².